The van der Waals surface area contributed by atoms with Crippen LogP contribution in [0.1, 0.15) is 21.6 Å². The molecule has 164 valence electrons. The Hall–Kier alpha value is -3.76. The fourth-order valence-electron chi connectivity index (χ4n) is 3.16. The summed E-state index contributed by atoms with van der Waals surface area (Å²) >= 11 is 0. The number of hydrogen-bond acceptors (Lipinski definition) is 7. The van der Waals surface area contributed by atoms with Crippen LogP contribution in [0.4, 0.5) is 5.69 Å². The number of nitrogens with zero attached hydrogens (tertiary/aromatic N) is 2. The van der Waals surface area contributed by atoms with E-state index in [9.17, 15) is 13.2 Å². The summed E-state index contributed by atoms with van der Waals surface area (Å²) in [5.41, 5.74) is 2.64. The maximum atomic E-state index is 13.1. The SMILES string of the molecule is C=CCNS(=O)(=O)Cc1ccc(NC(=O)c2cc(-c3ccco3)nc3onc(C)c23)cc1. The number of hydrogen-bond donors (Lipinski definition) is 2. The number of carbonyl (C=O) groups excluding carboxylic acids is 1. The molecule has 0 aliphatic rings. The highest BCUT2D eigenvalue weighted by atomic mass is 32.2. The Morgan fingerprint density at radius 2 is 2.00 bits per heavy atom. The van der Waals surface area contributed by atoms with Gasteiger partial charge < -0.3 is 14.3 Å². The highest BCUT2D eigenvalue weighted by Crippen LogP contribution is 2.28. The Kier molecular flexibility index (Phi) is 5.89. The van der Waals surface area contributed by atoms with Crippen molar-refractivity contribution in [2.45, 2.75) is 12.7 Å². The van der Waals surface area contributed by atoms with E-state index in [0.717, 1.165) is 0 Å². The summed E-state index contributed by atoms with van der Waals surface area (Å²) in [6, 6.07) is 11.6. The molecule has 0 bridgehead atoms. The van der Waals surface area contributed by atoms with Crippen molar-refractivity contribution in [3.05, 3.63) is 78.2 Å². The summed E-state index contributed by atoms with van der Waals surface area (Å²) in [4.78, 5) is 17.5. The third kappa shape index (κ3) is 4.61. The Bertz CT molecular complexity index is 1370. The maximum Gasteiger partial charge on any atom is 0.259 e. The molecule has 9 nitrogen and oxygen atoms in total. The van der Waals surface area contributed by atoms with Gasteiger partial charge in [0, 0.05) is 12.2 Å². The number of aromatic nitrogens is 2. The van der Waals surface area contributed by atoms with Gasteiger partial charge in [0.2, 0.25) is 10.0 Å². The molecule has 10 heteroatoms. The van der Waals surface area contributed by atoms with Gasteiger partial charge in [-0.05, 0) is 42.8 Å². The number of rotatable bonds is 8. The monoisotopic (exact) mass is 452 g/mol. The van der Waals surface area contributed by atoms with Gasteiger partial charge in [-0.2, -0.15) is 0 Å². The predicted octanol–water partition coefficient (Wildman–Crippen LogP) is 3.65. The molecule has 0 atom stereocenters. The van der Waals surface area contributed by atoms with Crippen molar-refractivity contribution in [2.24, 2.45) is 0 Å². The minimum atomic E-state index is -3.47. The first-order valence-electron chi connectivity index (χ1n) is 9.66. The zero-order valence-electron chi connectivity index (χ0n) is 17.2. The van der Waals surface area contributed by atoms with Crippen molar-refractivity contribution in [2.75, 3.05) is 11.9 Å². The molecule has 0 aliphatic carbocycles. The molecule has 1 amide bonds. The molecule has 4 rings (SSSR count). The van der Waals surface area contributed by atoms with Gasteiger partial charge in [-0.3, -0.25) is 4.79 Å². The van der Waals surface area contributed by atoms with E-state index in [0.29, 0.717) is 39.3 Å². The first kappa shape index (κ1) is 21.5. The Morgan fingerprint density at radius 3 is 2.69 bits per heavy atom. The zero-order valence-corrected chi connectivity index (χ0v) is 18.0. The van der Waals surface area contributed by atoms with Crippen molar-refractivity contribution >= 4 is 32.7 Å². The number of furan rings is 1. The number of anilines is 1. The minimum Gasteiger partial charge on any atom is -0.463 e. The van der Waals surface area contributed by atoms with Crippen LogP contribution in [0.2, 0.25) is 0 Å². The fourth-order valence-corrected chi connectivity index (χ4v) is 4.27. The minimum absolute atomic E-state index is 0.166. The number of fused-ring (bicyclic) bond motifs is 1. The van der Waals surface area contributed by atoms with Crippen molar-refractivity contribution < 1.29 is 22.2 Å². The molecule has 1 aromatic carbocycles. The first-order chi connectivity index (χ1) is 15.4. The van der Waals surface area contributed by atoms with Crippen molar-refractivity contribution in [3.8, 4) is 11.5 Å². The molecule has 0 radical (unpaired) electrons. The van der Waals surface area contributed by atoms with E-state index in [1.165, 1.54) is 12.3 Å². The van der Waals surface area contributed by atoms with Crippen LogP contribution in [0.3, 0.4) is 0 Å². The summed E-state index contributed by atoms with van der Waals surface area (Å²) in [6.45, 7) is 5.38. The lowest BCUT2D eigenvalue weighted by molar-refractivity contribution is 0.102. The van der Waals surface area contributed by atoms with E-state index in [4.69, 9.17) is 8.94 Å². The number of benzene rings is 1. The Morgan fingerprint density at radius 1 is 1.22 bits per heavy atom. The largest absolute Gasteiger partial charge is 0.463 e. The second kappa shape index (κ2) is 8.77. The second-order valence-corrected chi connectivity index (χ2v) is 8.83. The molecule has 2 N–H and O–H groups in total. The van der Waals surface area contributed by atoms with Crippen LogP contribution in [-0.4, -0.2) is 31.0 Å². The number of pyridine rings is 1. The van der Waals surface area contributed by atoms with Gasteiger partial charge in [0.05, 0.1) is 28.7 Å². The molecule has 0 spiro atoms. The number of nitrogens with one attached hydrogen (secondary N) is 2. The van der Waals surface area contributed by atoms with Gasteiger partial charge in [-0.1, -0.05) is 23.4 Å². The smallest absolute Gasteiger partial charge is 0.259 e. The summed E-state index contributed by atoms with van der Waals surface area (Å²) in [5.74, 6) is -0.0675. The van der Waals surface area contributed by atoms with Gasteiger partial charge in [-0.15, -0.1) is 6.58 Å². The molecule has 32 heavy (non-hydrogen) atoms. The summed E-state index contributed by atoms with van der Waals surface area (Å²) in [6.07, 6.45) is 2.99. The van der Waals surface area contributed by atoms with E-state index in [-0.39, 0.29) is 23.9 Å². The van der Waals surface area contributed by atoms with Crippen LogP contribution in [0.5, 0.6) is 0 Å². The molecule has 4 aromatic rings. The molecule has 0 aliphatic heterocycles. The van der Waals surface area contributed by atoms with Gasteiger partial charge in [0.15, 0.2) is 5.76 Å². The van der Waals surface area contributed by atoms with E-state index < -0.39 is 10.0 Å². The molecule has 0 fully saturated rings. The van der Waals surface area contributed by atoms with E-state index >= 15 is 0 Å². The maximum absolute atomic E-state index is 13.1. The number of carbonyl (C=O) groups is 1. The van der Waals surface area contributed by atoms with Crippen LogP contribution in [0, 0.1) is 6.92 Å². The van der Waals surface area contributed by atoms with Gasteiger partial charge in [0.25, 0.3) is 11.6 Å². The highest BCUT2D eigenvalue weighted by molar-refractivity contribution is 7.88. The van der Waals surface area contributed by atoms with Gasteiger partial charge in [0.1, 0.15) is 5.69 Å². The van der Waals surface area contributed by atoms with Crippen LogP contribution < -0.4 is 10.0 Å². The van der Waals surface area contributed by atoms with Crippen LogP contribution in [0.15, 0.2) is 70.3 Å². The summed E-state index contributed by atoms with van der Waals surface area (Å²) in [7, 11) is -3.47. The van der Waals surface area contributed by atoms with Crippen molar-refractivity contribution in [1.29, 1.82) is 0 Å². The fraction of sp³-hybridized carbons (Fsp3) is 0.136. The normalized spacial score (nSPS) is 11.5. The average Bonchev–Trinajstić information content (AvgIpc) is 3.43. The summed E-state index contributed by atoms with van der Waals surface area (Å²) in [5, 5.41) is 7.25. The second-order valence-electron chi connectivity index (χ2n) is 7.03. The third-order valence-corrected chi connectivity index (χ3v) is 5.97. The predicted molar refractivity (Wildman–Crippen MR) is 119 cm³/mol. The zero-order chi connectivity index (χ0) is 22.7. The number of sulfonamides is 1. The molecule has 3 aromatic heterocycles. The van der Waals surface area contributed by atoms with Crippen molar-refractivity contribution in [1.82, 2.24) is 14.9 Å². The number of amides is 1. The lowest BCUT2D eigenvalue weighted by atomic mass is 10.1. The van der Waals surface area contributed by atoms with Gasteiger partial charge >= 0.3 is 0 Å². The quantitative estimate of drug-likeness (QED) is 0.391. The molecule has 3 heterocycles. The molecule has 0 saturated carbocycles. The molecular weight excluding hydrogens is 432 g/mol. The topological polar surface area (TPSA) is 127 Å². The van der Waals surface area contributed by atoms with E-state index in [1.807, 2.05) is 0 Å². The highest BCUT2D eigenvalue weighted by Gasteiger charge is 2.20. The lowest BCUT2D eigenvalue weighted by Gasteiger charge is -2.09. The van der Waals surface area contributed by atoms with Crippen LogP contribution >= 0.6 is 0 Å². The Labute approximate surface area is 184 Å². The standard InChI is InChI=1S/C22H20N4O5S/c1-3-10-23-32(28,29)13-15-6-8-16(9-7-15)24-21(27)17-12-18(19-5-4-11-30-19)25-22-20(17)14(2)26-31-22/h3-9,11-12,23H,1,10,13H2,2H3,(H,24,27). The molecule has 0 unspecified atom stereocenters. The third-order valence-electron chi connectivity index (χ3n) is 4.65. The first-order valence-corrected chi connectivity index (χ1v) is 11.3. The van der Waals surface area contributed by atoms with Crippen LogP contribution in [-0.2, 0) is 15.8 Å². The lowest BCUT2D eigenvalue weighted by Crippen LogP contribution is -2.25. The van der Waals surface area contributed by atoms with E-state index in [1.54, 1.807) is 49.4 Å². The molecular formula is C22H20N4O5S. The average molecular weight is 452 g/mol. The van der Waals surface area contributed by atoms with Crippen LogP contribution in [0.25, 0.3) is 22.6 Å². The van der Waals surface area contributed by atoms with Crippen molar-refractivity contribution in [3.63, 3.8) is 0 Å². The van der Waals surface area contributed by atoms with Gasteiger partial charge in [-0.25, -0.2) is 18.1 Å². The Balaban J connectivity index is 1.58. The van der Waals surface area contributed by atoms with E-state index in [2.05, 4.69) is 26.8 Å². The molecule has 0 saturated heterocycles. The number of aryl methyl sites for hydroxylation is 1. The summed E-state index contributed by atoms with van der Waals surface area (Å²) < 4.78 is 37.1.